The zero-order chi connectivity index (χ0) is 11.3. The van der Waals surface area contributed by atoms with Crippen molar-refractivity contribution in [3.05, 3.63) is 0 Å². The molecule has 90 valence electrons. The van der Waals surface area contributed by atoms with Gasteiger partial charge < -0.3 is 10.1 Å². The lowest BCUT2D eigenvalue weighted by atomic mass is 9.87. The van der Waals surface area contributed by atoms with Gasteiger partial charge in [-0.3, -0.25) is 0 Å². The summed E-state index contributed by atoms with van der Waals surface area (Å²) in [5.74, 6) is 0.943. The number of hydrogen-bond donors (Lipinski definition) is 1. The molecule has 0 heterocycles. The van der Waals surface area contributed by atoms with Gasteiger partial charge in [0.25, 0.3) is 0 Å². The highest BCUT2D eigenvalue weighted by Crippen LogP contribution is 2.23. The molecule has 0 aromatic heterocycles. The lowest BCUT2D eigenvalue weighted by Crippen LogP contribution is -2.36. The molecule has 0 atom stereocenters. The first-order valence-corrected chi connectivity index (χ1v) is 6.32. The molecule has 1 aliphatic rings. The van der Waals surface area contributed by atoms with Crippen molar-refractivity contribution in [2.75, 3.05) is 13.7 Å². The van der Waals surface area contributed by atoms with E-state index < -0.39 is 0 Å². The van der Waals surface area contributed by atoms with Crippen LogP contribution in [0.25, 0.3) is 0 Å². The smallest absolute Gasteiger partial charge is 0.0634 e. The number of hydrogen-bond acceptors (Lipinski definition) is 2. The molecule has 15 heavy (non-hydrogen) atoms. The number of methoxy groups -OCH3 is 1. The van der Waals surface area contributed by atoms with Crippen molar-refractivity contribution >= 4 is 0 Å². The summed E-state index contributed by atoms with van der Waals surface area (Å²) in [6.45, 7) is 7.75. The van der Waals surface area contributed by atoms with Gasteiger partial charge >= 0.3 is 0 Å². The van der Waals surface area contributed by atoms with Gasteiger partial charge in [-0.1, -0.05) is 6.92 Å². The van der Waals surface area contributed by atoms with Crippen LogP contribution in [0, 0.1) is 5.92 Å². The molecule has 1 rings (SSSR count). The van der Waals surface area contributed by atoms with E-state index in [1.807, 2.05) is 0 Å². The second-order valence-electron chi connectivity index (χ2n) is 5.62. The molecule has 1 fully saturated rings. The van der Waals surface area contributed by atoms with Crippen LogP contribution in [0.2, 0.25) is 0 Å². The molecule has 1 saturated carbocycles. The second-order valence-corrected chi connectivity index (χ2v) is 5.62. The van der Waals surface area contributed by atoms with Crippen LogP contribution >= 0.6 is 0 Å². The molecule has 1 aliphatic carbocycles. The minimum atomic E-state index is 0.0228. The van der Waals surface area contributed by atoms with Gasteiger partial charge in [-0.05, 0) is 58.4 Å². The third-order valence-electron chi connectivity index (χ3n) is 3.73. The first-order chi connectivity index (χ1) is 7.03. The van der Waals surface area contributed by atoms with Crippen LogP contribution in [0.4, 0.5) is 0 Å². The van der Waals surface area contributed by atoms with Crippen molar-refractivity contribution in [3.63, 3.8) is 0 Å². The molecule has 0 aliphatic heterocycles. The van der Waals surface area contributed by atoms with Crippen LogP contribution in [0.5, 0.6) is 0 Å². The Labute approximate surface area is 94.8 Å². The highest BCUT2D eigenvalue weighted by molar-refractivity contribution is 4.77. The van der Waals surface area contributed by atoms with Crippen molar-refractivity contribution in [1.82, 2.24) is 5.32 Å². The first kappa shape index (κ1) is 13.0. The van der Waals surface area contributed by atoms with E-state index in [1.54, 1.807) is 7.11 Å². The predicted molar refractivity (Wildman–Crippen MR) is 65.1 cm³/mol. The highest BCUT2D eigenvalue weighted by Gasteiger charge is 2.19. The second kappa shape index (κ2) is 5.86. The van der Waals surface area contributed by atoms with Gasteiger partial charge in [0.05, 0.1) is 5.60 Å². The lowest BCUT2D eigenvalue weighted by molar-refractivity contribution is 0.0150. The summed E-state index contributed by atoms with van der Waals surface area (Å²) in [5.41, 5.74) is 0.0228. The summed E-state index contributed by atoms with van der Waals surface area (Å²) < 4.78 is 5.40. The van der Waals surface area contributed by atoms with Gasteiger partial charge in [-0.15, -0.1) is 0 Å². The molecular formula is C13H27NO. The fourth-order valence-corrected chi connectivity index (χ4v) is 2.14. The predicted octanol–water partition coefficient (Wildman–Crippen LogP) is 2.97. The van der Waals surface area contributed by atoms with Crippen LogP contribution in [0.3, 0.4) is 0 Å². The van der Waals surface area contributed by atoms with Gasteiger partial charge in [-0.2, -0.15) is 0 Å². The zero-order valence-electron chi connectivity index (χ0n) is 10.8. The summed E-state index contributed by atoms with van der Waals surface area (Å²) in [6, 6.07) is 0.758. The normalized spacial score (nSPS) is 28.0. The third kappa shape index (κ3) is 4.98. The van der Waals surface area contributed by atoms with E-state index in [0.717, 1.165) is 24.9 Å². The van der Waals surface area contributed by atoms with Gasteiger partial charge in [0.1, 0.15) is 0 Å². The molecule has 0 saturated heterocycles. The van der Waals surface area contributed by atoms with Crippen molar-refractivity contribution in [2.24, 2.45) is 5.92 Å². The van der Waals surface area contributed by atoms with Crippen LogP contribution in [0.15, 0.2) is 0 Å². The molecule has 0 aromatic carbocycles. The minimum Gasteiger partial charge on any atom is -0.379 e. The van der Waals surface area contributed by atoms with Crippen LogP contribution in [-0.4, -0.2) is 25.3 Å². The maximum absolute atomic E-state index is 5.40. The average Bonchev–Trinajstić information content (AvgIpc) is 2.21. The first-order valence-electron chi connectivity index (χ1n) is 6.32. The Kier molecular flexibility index (Phi) is 5.07. The number of ether oxygens (including phenoxy) is 1. The maximum atomic E-state index is 5.40. The number of rotatable bonds is 5. The topological polar surface area (TPSA) is 21.3 Å². The molecule has 2 nitrogen and oxygen atoms in total. The average molecular weight is 213 g/mol. The largest absolute Gasteiger partial charge is 0.379 e. The van der Waals surface area contributed by atoms with Crippen LogP contribution < -0.4 is 5.32 Å². The van der Waals surface area contributed by atoms with E-state index in [2.05, 4.69) is 26.1 Å². The standard InChI is InChI=1S/C13H27NO/c1-11-5-7-12(8-6-11)14-10-9-13(2,3)15-4/h11-12,14H,5-10H2,1-4H3. The van der Waals surface area contributed by atoms with Crippen molar-refractivity contribution < 1.29 is 4.74 Å². The summed E-state index contributed by atoms with van der Waals surface area (Å²) in [6.07, 6.45) is 6.59. The molecule has 2 heteroatoms. The summed E-state index contributed by atoms with van der Waals surface area (Å²) in [7, 11) is 1.79. The van der Waals surface area contributed by atoms with E-state index >= 15 is 0 Å². The molecular weight excluding hydrogens is 186 g/mol. The Morgan fingerprint density at radius 1 is 1.20 bits per heavy atom. The SMILES string of the molecule is COC(C)(C)CCNC1CCC(C)CC1. The van der Waals surface area contributed by atoms with Gasteiger partial charge in [-0.25, -0.2) is 0 Å². The monoisotopic (exact) mass is 213 g/mol. The summed E-state index contributed by atoms with van der Waals surface area (Å²) in [4.78, 5) is 0. The van der Waals surface area contributed by atoms with Crippen LogP contribution in [0.1, 0.15) is 52.9 Å². The Morgan fingerprint density at radius 2 is 1.80 bits per heavy atom. The lowest BCUT2D eigenvalue weighted by Gasteiger charge is -2.29. The fraction of sp³-hybridized carbons (Fsp3) is 1.00. The molecule has 0 bridgehead atoms. The highest BCUT2D eigenvalue weighted by atomic mass is 16.5. The Balaban J connectivity index is 2.10. The molecule has 0 unspecified atom stereocenters. The minimum absolute atomic E-state index is 0.0228. The molecule has 0 spiro atoms. The number of nitrogens with one attached hydrogen (secondary N) is 1. The summed E-state index contributed by atoms with van der Waals surface area (Å²) >= 11 is 0. The van der Waals surface area contributed by atoms with Gasteiger partial charge in [0.2, 0.25) is 0 Å². The third-order valence-corrected chi connectivity index (χ3v) is 3.73. The van der Waals surface area contributed by atoms with Gasteiger partial charge in [0.15, 0.2) is 0 Å². The Morgan fingerprint density at radius 3 is 2.33 bits per heavy atom. The van der Waals surface area contributed by atoms with Gasteiger partial charge in [0, 0.05) is 13.2 Å². The molecule has 0 radical (unpaired) electrons. The van der Waals surface area contributed by atoms with E-state index in [1.165, 1.54) is 25.7 Å². The Bertz CT molecular complexity index is 171. The quantitative estimate of drug-likeness (QED) is 0.758. The van der Waals surface area contributed by atoms with Crippen LogP contribution in [-0.2, 0) is 4.74 Å². The van der Waals surface area contributed by atoms with E-state index in [0.29, 0.717) is 0 Å². The van der Waals surface area contributed by atoms with Crippen molar-refractivity contribution in [2.45, 2.75) is 64.5 Å². The van der Waals surface area contributed by atoms with Crippen molar-refractivity contribution in [1.29, 1.82) is 0 Å². The molecule has 0 aromatic rings. The Hall–Kier alpha value is -0.0800. The van der Waals surface area contributed by atoms with E-state index in [-0.39, 0.29) is 5.60 Å². The van der Waals surface area contributed by atoms with E-state index in [9.17, 15) is 0 Å². The fourth-order valence-electron chi connectivity index (χ4n) is 2.14. The molecule has 1 N–H and O–H groups in total. The van der Waals surface area contributed by atoms with Crippen molar-refractivity contribution in [3.8, 4) is 0 Å². The summed E-state index contributed by atoms with van der Waals surface area (Å²) in [5, 5.41) is 3.65. The maximum Gasteiger partial charge on any atom is 0.0634 e. The van der Waals surface area contributed by atoms with E-state index in [4.69, 9.17) is 4.74 Å². The molecule has 0 amide bonds. The zero-order valence-corrected chi connectivity index (χ0v) is 10.8.